The lowest BCUT2D eigenvalue weighted by atomic mass is 9.99. The second-order valence-corrected chi connectivity index (χ2v) is 10.0. The molecule has 0 atom stereocenters. The number of nitrogens with zero attached hydrogens (tertiary/aromatic N) is 3. The van der Waals surface area contributed by atoms with Crippen molar-refractivity contribution in [2.75, 3.05) is 67.6 Å². The van der Waals surface area contributed by atoms with Crippen LogP contribution in [0.5, 0.6) is 11.5 Å². The average molecular weight is 514 g/mol. The van der Waals surface area contributed by atoms with E-state index in [1.807, 2.05) is 74.8 Å². The number of likely N-dealkylation sites (N-methyl/N-ethyl adjacent to an activating group) is 2. The van der Waals surface area contributed by atoms with Crippen molar-refractivity contribution in [3.05, 3.63) is 89.5 Å². The Bertz CT molecular complexity index is 1250. The number of hydrogen-bond donors (Lipinski definition) is 0. The van der Waals surface area contributed by atoms with Crippen molar-refractivity contribution in [1.29, 1.82) is 0 Å². The van der Waals surface area contributed by atoms with Gasteiger partial charge in [0.05, 0.1) is 7.11 Å². The number of ketones is 1. The fourth-order valence-electron chi connectivity index (χ4n) is 4.60. The summed E-state index contributed by atoms with van der Waals surface area (Å²) >= 11 is 0. The number of hydrogen-bond acceptors (Lipinski definition) is 6. The molecular formula is C32H39N3O3. The highest BCUT2D eigenvalue weighted by Gasteiger charge is 2.17. The van der Waals surface area contributed by atoms with E-state index in [0.717, 1.165) is 78.6 Å². The Hall–Kier alpha value is -3.45. The number of methoxy groups -OCH3 is 1. The Morgan fingerprint density at radius 1 is 0.947 bits per heavy atom. The van der Waals surface area contributed by atoms with Crippen LogP contribution in [0.4, 0.5) is 0 Å². The van der Waals surface area contributed by atoms with Gasteiger partial charge in [-0.25, -0.2) is 0 Å². The van der Waals surface area contributed by atoms with Gasteiger partial charge in [0.1, 0.15) is 18.1 Å². The van der Waals surface area contributed by atoms with E-state index < -0.39 is 0 Å². The summed E-state index contributed by atoms with van der Waals surface area (Å²) < 4.78 is 11.7. The van der Waals surface area contributed by atoms with E-state index in [1.165, 1.54) is 0 Å². The molecule has 0 unspecified atom stereocenters. The zero-order valence-corrected chi connectivity index (χ0v) is 23.0. The summed E-state index contributed by atoms with van der Waals surface area (Å²) in [6.45, 7) is 6.27. The zero-order chi connectivity index (χ0) is 26.9. The first-order valence-corrected chi connectivity index (χ1v) is 13.2. The lowest BCUT2D eigenvalue weighted by Crippen LogP contribution is -2.44. The van der Waals surface area contributed by atoms with Crippen LogP contribution in [0.15, 0.2) is 72.8 Å². The predicted molar refractivity (Wildman–Crippen MR) is 155 cm³/mol. The SMILES string of the molecule is COc1ccccc1-c1ccc(OCCN(C)C)c(C=CC(=O)c2ccccc2CN2CCN(C)CC2)c1. The first-order chi connectivity index (χ1) is 18.4. The molecule has 0 N–H and O–H groups in total. The number of piperazine rings is 1. The smallest absolute Gasteiger partial charge is 0.186 e. The van der Waals surface area contributed by atoms with Crippen LogP contribution >= 0.6 is 0 Å². The third-order valence-corrected chi connectivity index (χ3v) is 6.91. The first-order valence-electron chi connectivity index (χ1n) is 13.2. The zero-order valence-electron chi connectivity index (χ0n) is 23.0. The number of rotatable bonds is 11. The normalized spacial score (nSPS) is 14.8. The molecule has 3 aromatic rings. The van der Waals surface area contributed by atoms with E-state index in [9.17, 15) is 4.79 Å². The molecule has 0 amide bonds. The second-order valence-electron chi connectivity index (χ2n) is 10.0. The van der Waals surface area contributed by atoms with E-state index in [0.29, 0.717) is 6.61 Å². The third kappa shape index (κ3) is 7.32. The highest BCUT2D eigenvalue weighted by atomic mass is 16.5. The molecule has 38 heavy (non-hydrogen) atoms. The molecule has 4 rings (SSSR count). The van der Waals surface area contributed by atoms with Gasteiger partial charge in [-0.1, -0.05) is 48.5 Å². The minimum absolute atomic E-state index is 0.00309. The quantitative estimate of drug-likeness (QED) is 0.267. The summed E-state index contributed by atoms with van der Waals surface area (Å²) in [5.74, 6) is 1.55. The van der Waals surface area contributed by atoms with Crippen LogP contribution in [-0.2, 0) is 6.54 Å². The standard InChI is InChI=1S/C32H39N3O3/c1-33(2)21-22-38-31-16-14-25(29-11-7-8-12-32(29)37-4)23-26(31)13-15-30(36)28-10-6-5-9-27(28)24-35-19-17-34(3)18-20-35/h5-16,23H,17-22,24H2,1-4H3. The molecule has 6 heteroatoms. The van der Waals surface area contributed by atoms with Crippen LogP contribution in [0.1, 0.15) is 21.5 Å². The molecule has 0 radical (unpaired) electrons. The molecule has 1 fully saturated rings. The van der Waals surface area contributed by atoms with E-state index in [1.54, 1.807) is 13.2 Å². The summed E-state index contributed by atoms with van der Waals surface area (Å²) in [5.41, 5.74) is 4.67. The van der Waals surface area contributed by atoms with Crippen LogP contribution in [0.25, 0.3) is 17.2 Å². The fourth-order valence-corrected chi connectivity index (χ4v) is 4.60. The Kier molecular flexibility index (Phi) is 9.71. The van der Waals surface area contributed by atoms with Crippen LogP contribution in [0.3, 0.4) is 0 Å². The Balaban J connectivity index is 1.59. The van der Waals surface area contributed by atoms with Gasteiger partial charge in [-0.15, -0.1) is 0 Å². The van der Waals surface area contributed by atoms with Gasteiger partial charge in [-0.2, -0.15) is 0 Å². The predicted octanol–water partition coefficient (Wildman–Crippen LogP) is 4.95. The molecule has 200 valence electrons. The second kappa shape index (κ2) is 13.4. The average Bonchev–Trinajstić information content (AvgIpc) is 2.93. The van der Waals surface area contributed by atoms with Crippen LogP contribution in [0, 0.1) is 0 Å². The molecule has 0 bridgehead atoms. The van der Waals surface area contributed by atoms with Gasteiger partial charge in [0, 0.05) is 56.0 Å². The van der Waals surface area contributed by atoms with Gasteiger partial charge < -0.3 is 19.3 Å². The number of para-hydroxylation sites is 1. The van der Waals surface area contributed by atoms with Gasteiger partial charge in [0.25, 0.3) is 0 Å². The molecule has 1 aliphatic rings. The molecule has 0 aromatic heterocycles. The molecule has 1 aliphatic heterocycles. The Morgan fingerprint density at radius 2 is 1.68 bits per heavy atom. The Labute approximate surface area is 227 Å². The van der Waals surface area contributed by atoms with Gasteiger partial charge in [0.2, 0.25) is 0 Å². The highest BCUT2D eigenvalue weighted by Crippen LogP contribution is 2.33. The van der Waals surface area contributed by atoms with Crippen LogP contribution in [-0.4, -0.2) is 88.1 Å². The molecule has 0 aliphatic carbocycles. The minimum Gasteiger partial charge on any atom is -0.496 e. The number of ether oxygens (including phenoxy) is 2. The summed E-state index contributed by atoms with van der Waals surface area (Å²) in [4.78, 5) is 20.3. The minimum atomic E-state index is -0.00309. The van der Waals surface area contributed by atoms with Crippen molar-refractivity contribution in [2.45, 2.75) is 6.54 Å². The molecule has 6 nitrogen and oxygen atoms in total. The van der Waals surface area contributed by atoms with E-state index >= 15 is 0 Å². The lowest BCUT2D eigenvalue weighted by molar-refractivity contribution is 0.104. The maximum Gasteiger partial charge on any atom is 0.186 e. The number of carbonyl (C=O) groups excluding carboxylic acids is 1. The van der Waals surface area contributed by atoms with E-state index in [2.05, 4.69) is 33.9 Å². The van der Waals surface area contributed by atoms with Crippen molar-refractivity contribution in [1.82, 2.24) is 14.7 Å². The summed E-state index contributed by atoms with van der Waals surface area (Å²) in [6, 6.07) is 22.0. The number of benzene rings is 3. The Morgan fingerprint density at radius 3 is 2.45 bits per heavy atom. The van der Waals surface area contributed by atoms with Crippen molar-refractivity contribution >= 4 is 11.9 Å². The fraction of sp³-hybridized carbons (Fsp3) is 0.344. The number of carbonyl (C=O) groups is 1. The van der Waals surface area contributed by atoms with Gasteiger partial charge in [-0.3, -0.25) is 9.69 Å². The summed E-state index contributed by atoms with van der Waals surface area (Å²) in [7, 11) is 7.87. The van der Waals surface area contributed by atoms with Crippen molar-refractivity contribution < 1.29 is 14.3 Å². The molecule has 1 saturated heterocycles. The van der Waals surface area contributed by atoms with Crippen molar-refractivity contribution in [2.24, 2.45) is 0 Å². The maximum atomic E-state index is 13.4. The van der Waals surface area contributed by atoms with Gasteiger partial charge in [0.15, 0.2) is 5.78 Å². The first kappa shape index (κ1) is 27.6. The largest absolute Gasteiger partial charge is 0.496 e. The topological polar surface area (TPSA) is 45.3 Å². The lowest BCUT2D eigenvalue weighted by Gasteiger charge is -2.32. The van der Waals surface area contributed by atoms with Crippen molar-refractivity contribution in [3.8, 4) is 22.6 Å². The molecule has 1 heterocycles. The molecular weight excluding hydrogens is 474 g/mol. The number of allylic oxidation sites excluding steroid dienone is 1. The highest BCUT2D eigenvalue weighted by molar-refractivity contribution is 6.08. The van der Waals surface area contributed by atoms with E-state index in [4.69, 9.17) is 9.47 Å². The van der Waals surface area contributed by atoms with Gasteiger partial charge >= 0.3 is 0 Å². The summed E-state index contributed by atoms with van der Waals surface area (Å²) in [6.07, 6.45) is 3.54. The monoisotopic (exact) mass is 513 g/mol. The van der Waals surface area contributed by atoms with E-state index in [-0.39, 0.29) is 5.78 Å². The molecule has 3 aromatic carbocycles. The molecule has 0 spiro atoms. The van der Waals surface area contributed by atoms with Crippen LogP contribution < -0.4 is 9.47 Å². The molecule has 0 saturated carbocycles. The summed E-state index contributed by atoms with van der Waals surface area (Å²) in [5, 5.41) is 0. The maximum absolute atomic E-state index is 13.4. The van der Waals surface area contributed by atoms with Crippen molar-refractivity contribution in [3.63, 3.8) is 0 Å². The third-order valence-electron chi connectivity index (χ3n) is 6.91. The van der Waals surface area contributed by atoms with Gasteiger partial charge in [-0.05, 0) is 62.6 Å². The van der Waals surface area contributed by atoms with Crippen LogP contribution in [0.2, 0.25) is 0 Å².